The third-order valence-corrected chi connectivity index (χ3v) is 10.0. The molecule has 0 aromatic heterocycles. The van der Waals surface area contributed by atoms with Crippen LogP contribution < -0.4 is 15.9 Å². The summed E-state index contributed by atoms with van der Waals surface area (Å²) in [5.74, 6) is 0. The molecular weight excluding hydrogens is 379 g/mol. The van der Waals surface area contributed by atoms with E-state index < -0.39 is 12.3 Å². The summed E-state index contributed by atoms with van der Waals surface area (Å²) in [5.41, 5.74) is 0. The quantitative estimate of drug-likeness (QED) is 0.492. The summed E-state index contributed by atoms with van der Waals surface area (Å²) in [6, 6.07) is 32.4. The SMILES string of the molecule is OC(Br)CC[PH](c1ccccc1)(c1ccccc1)c1ccccc1. The van der Waals surface area contributed by atoms with E-state index in [0.29, 0.717) is 0 Å². The average molecular weight is 401 g/mol. The molecule has 124 valence electrons. The number of aliphatic hydroxyl groups is 1. The molecule has 0 saturated carbocycles. The molecule has 3 aromatic carbocycles. The van der Waals surface area contributed by atoms with Gasteiger partial charge < -0.3 is 0 Å². The van der Waals surface area contributed by atoms with Gasteiger partial charge in [0.1, 0.15) is 0 Å². The number of hydrogen-bond acceptors (Lipinski definition) is 1. The fourth-order valence-corrected chi connectivity index (χ4v) is 8.95. The number of alkyl halides is 1. The molecule has 0 bridgehead atoms. The first-order chi connectivity index (χ1) is 11.7. The van der Waals surface area contributed by atoms with E-state index in [0.717, 1.165) is 12.6 Å². The van der Waals surface area contributed by atoms with Crippen LogP contribution in [0.3, 0.4) is 0 Å². The molecule has 24 heavy (non-hydrogen) atoms. The van der Waals surface area contributed by atoms with Crippen molar-refractivity contribution in [2.45, 2.75) is 11.4 Å². The Morgan fingerprint density at radius 3 is 1.29 bits per heavy atom. The van der Waals surface area contributed by atoms with Gasteiger partial charge in [-0.2, -0.15) is 0 Å². The van der Waals surface area contributed by atoms with Crippen LogP contribution in [0.4, 0.5) is 0 Å². The second kappa shape index (κ2) is 8.07. The van der Waals surface area contributed by atoms with Gasteiger partial charge in [-0.15, -0.1) is 0 Å². The van der Waals surface area contributed by atoms with Crippen LogP contribution in [0.15, 0.2) is 91.0 Å². The molecule has 1 unspecified atom stereocenters. The molecule has 0 aliphatic rings. The number of halogens is 1. The van der Waals surface area contributed by atoms with Crippen LogP contribution in [0.2, 0.25) is 0 Å². The molecule has 3 aromatic rings. The second-order valence-electron chi connectivity index (χ2n) is 5.98. The van der Waals surface area contributed by atoms with E-state index in [1.54, 1.807) is 0 Å². The third-order valence-electron chi connectivity index (χ3n) is 4.56. The van der Waals surface area contributed by atoms with Gasteiger partial charge in [-0.3, -0.25) is 0 Å². The Hall–Kier alpha value is -1.47. The Morgan fingerprint density at radius 2 is 1.00 bits per heavy atom. The first-order valence-electron chi connectivity index (χ1n) is 8.22. The third kappa shape index (κ3) is 3.62. The predicted octanol–water partition coefficient (Wildman–Crippen LogP) is 3.82. The Balaban J connectivity index is 2.24. The number of aliphatic hydroxyl groups excluding tert-OH is 1. The summed E-state index contributed by atoms with van der Waals surface area (Å²) in [7, 11) is -2.18. The summed E-state index contributed by atoms with van der Waals surface area (Å²) in [6.45, 7) is 0. The van der Waals surface area contributed by atoms with Crippen molar-refractivity contribution in [3.05, 3.63) is 91.0 Å². The van der Waals surface area contributed by atoms with Gasteiger partial charge in [0.25, 0.3) is 0 Å². The minimum absolute atomic E-state index is 0.472. The minimum atomic E-state index is -2.18. The summed E-state index contributed by atoms with van der Waals surface area (Å²) in [4.78, 5) is 0. The van der Waals surface area contributed by atoms with Crippen molar-refractivity contribution < 1.29 is 5.11 Å². The van der Waals surface area contributed by atoms with Gasteiger partial charge in [-0.05, 0) is 0 Å². The fraction of sp³-hybridized carbons (Fsp3) is 0.143. The zero-order chi connectivity index (χ0) is 16.8. The van der Waals surface area contributed by atoms with Gasteiger partial charge in [-0.1, -0.05) is 0 Å². The van der Waals surface area contributed by atoms with Gasteiger partial charge in [0.15, 0.2) is 0 Å². The average Bonchev–Trinajstić information content (AvgIpc) is 2.65. The standard InChI is InChI=1S/C21H22BrOP/c22-21(23)16-17-24(18-10-4-1-5-11-18,19-12-6-2-7-13-19)20-14-8-3-9-15-20/h1-15,21,23-24H,16-17H2. The second-order valence-corrected chi connectivity index (χ2v) is 11.1. The van der Waals surface area contributed by atoms with E-state index in [-0.39, 0.29) is 0 Å². The van der Waals surface area contributed by atoms with Crippen LogP contribution in [0.25, 0.3) is 0 Å². The molecule has 1 N–H and O–H groups in total. The van der Waals surface area contributed by atoms with Crippen molar-refractivity contribution in [3.8, 4) is 0 Å². The van der Waals surface area contributed by atoms with Crippen LogP contribution in [0, 0.1) is 0 Å². The van der Waals surface area contributed by atoms with Crippen molar-refractivity contribution in [1.29, 1.82) is 0 Å². The topological polar surface area (TPSA) is 20.2 Å². The van der Waals surface area contributed by atoms with Crippen molar-refractivity contribution in [2.24, 2.45) is 0 Å². The number of hydrogen-bond donors (Lipinski definition) is 1. The number of rotatable bonds is 6. The molecule has 0 aliphatic carbocycles. The predicted molar refractivity (Wildman–Crippen MR) is 111 cm³/mol. The molecule has 0 saturated heterocycles. The Kier molecular flexibility index (Phi) is 5.84. The van der Waals surface area contributed by atoms with Gasteiger partial charge >= 0.3 is 153 Å². The molecule has 0 fully saturated rings. The summed E-state index contributed by atoms with van der Waals surface area (Å²) in [6.07, 6.45) is 1.68. The van der Waals surface area contributed by atoms with Crippen LogP contribution in [0.1, 0.15) is 6.42 Å². The van der Waals surface area contributed by atoms with Crippen LogP contribution in [0.5, 0.6) is 0 Å². The van der Waals surface area contributed by atoms with Crippen molar-refractivity contribution in [1.82, 2.24) is 0 Å². The van der Waals surface area contributed by atoms with Crippen LogP contribution in [-0.2, 0) is 0 Å². The first-order valence-corrected chi connectivity index (χ1v) is 11.3. The molecule has 0 radical (unpaired) electrons. The molecule has 0 spiro atoms. The first kappa shape index (κ1) is 17.4. The molecule has 0 amide bonds. The molecular formula is C21H22BrOP. The molecule has 0 heterocycles. The van der Waals surface area contributed by atoms with E-state index in [4.69, 9.17) is 0 Å². The van der Waals surface area contributed by atoms with E-state index in [1.165, 1.54) is 15.9 Å². The zero-order valence-electron chi connectivity index (χ0n) is 13.5. The van der Waals surface area contributed by atoms with Crippen LogP contribution >= 0.6 is 23.2 Å². The normalized spacial score (nSPS) is 13.4. The van der Waals surface area contributed by atoms with Crippen molar-refractivity contribution in [2.75, 3.05) is 6.16 Å². The molecule has 3 heteroatoms. The van der Waals surface area contributed by atoms with E-state index in [9.17, 15) is 5.11 Å². The molecule has 1 atom stereocenters. The molecule has 3 rings (SSSR count). The maximum atomic E-state index is 9.90. The van der Waals surface area contributed by atoms with Crippen molar-refractivity contribution in [3.63, 3.8) is 0 Å². The zero-order valence-corrected chi connectivity index (χ0v) is 16.1. The van der Waals surface area contributed by atoms with E-state index in [1.807, 2.05) is 0 Å². The number of benzene rings is 3. The van der Waals surface area contributed by atoms with Gasteiger partial charge in [0.2, 0.25) is 0 Å². The fourth-order valence-electron chi connectivity index (χ4n) is 3.44. The Bertz CT molecular complexity index is 648. The van der Waals surface area contributed by atoms with Crippen molar-refractivity contribution >= 4 is 39.1 Å². The molecule has 1 nitrogen and oxygen atoms in total. The molecule has 0 aliphatic heterocycles. The Morgan fingerprint density at radius 1 is 0.667 bits per heavy atom. The van der Waals surface area contributed by atoms with E-state index >= 15 is 0 Å². The summed E-state index contributed by atoms with van der Waals surface area (Å²) >= 11 is 3.32. The van der Waals surface area contributed by atoms with E-state index in [2.05, 4.69) is 107 Å². The van der Waals surface area contributed by atoms with Crippen LogP contribution in [-0.4, -0.2) is 16.3 Å². The maximum absolute atomic E-state index is 9.90. The summed E-state index contributed by atoms with van der Waals surface area (Å²) < 4.78 is 0. The van der Waals surface area contributed by atoms with Gasteiger partial charge in [-0.25, -0.2) is 0 Å². The summed E-state index contributed by atoms with van der Waals surface area (Å²) in [5, 5.41) is 13.6. The van der Waals surface area contributed by atoms with Gasteiger partial charge in [0.05, 0.1) is 0 Å². The Labute approximate surface area is 152 Å². The monoisotopic (exact) mass is 400 g/mol. The van der Waals surface area contributed by atoms with Gasteiger partial charge in [0, 0.05) is 0 Å².